The van der Waals surface area contributed by atoms with Crippen molar-refractivity contribution in [3.63, 3.8) is 0 Å². The molecule has 0 aromatic carbocycles. The third kappa shape index (κ3) is 16.4. The zero-order chi connectivity index (χ0) is 31.0. The molecule has 0 aromatic rings. The van der Waals surface area contributed by atoms with Crippen LogP contribution in [0.3, 0.4) is 0 Å². The van der Waals surface area contributed by atoms with E-state index in [1.807, 2.05) is 6.92 Å². The molecule has 1 heterocycles. The van der Waals surface area contributed by atoms with E-state index < -0.39 is 59.9 Å². The van der Waals surface area contributed by atoms with Gasteiger partial charge in [-0.05, 0) is 13.3 Å². The van der Waals surface area contributed by atoms with E-state index in [1.54, 1.807) is 13.8 Å². The molecule has 0 aromatic heterocycles. The van der Waals surface area contributed by atoms with Crippen molar-refractivity contribution < 1.29 is 78.5 Å². The molecule has 42 heavy (non-hydrogen) atoms. The number of aliphatic carboxylic acids is 1. The van der Waals surface area contributed by atoms with Crippen molar-refractivity contribution in [3.05, 3.63) is 0 Å². The molecule has 1 aliphatic rings. The van der Waals surface area contributed by atoms with Crippen LogP contribution in [0, 0.1) is 11.8 Å². The molecule has 17 heteroatoms. The zero-order valence-corrected chi connectivity index (χ0v) is 27.4. The second-order valence-electron chi connectivity index (χ2n) is 9.34. The van der Waals surface area contributed by atoms with E-state index in [0.717, 1.165) is 11.3 Å². The summed E-state index contributed by atoms with van der Waals surface area (Å²) < 4.78 is 0. The van der Waals surface area contributed by atoms with Crippen LogP contribution in [0.1, 0.15) is 59.8 Å². The summed E-state index contributed by atoms with van der Waals surface area (Å²) >= 11 is 0. The first kappa shape index (κ1) is 43.4. The van der Waals surface area contributed by atoms with Crippen LogP contribution in [-0.4, -0.2) is 102 Å². The van der Waals surface area contributed by atoms with Gasteiger partial charge in [-0.1, -0.05) is 20.8 Å². The number of carboxylic acid groups (broad SMARTS) is 1. The van der Waals surface area contributed by atoms with E-state index in [2.05, 4.69) is 26.6 Å². The van der Waals surface area contributed by atoms with Gasteiger partial charge < -0.3 is 37.2 Å². The Labute approximate surface area is 267 Å². The van der Waals surface area contributed by atoms with E-state index >= 15 is 0 Å². The molecular formula is C25H43N6NaO10. The fourth-order valence-corrected chi connectivity index (χ4v) is 3.40. The van der Waals surface area contributed by atoms with Crippen molar-refractivity contribution in [3.8, 4) is 0 Å². The van der Waals surface area contributed by atoms with Gasteiger partial charge in [0.2, 0.25) is 35.4 Å². The van der Waals surface area contributed by atoms with E-state index in [4.69, 9.17) is 5.11 Å². The van der Waals surface area contributed by atoms with Gasteiger partial charge in [0, 0.05) is 51.9 Å². The molecule has 7 N–H and O–H groups in total. The average Bonchev–Trinajstić information content (AvgIpc) is 3.12. The van der Waals surface area contributed by atoms with Crippen LogP contribution in [-0.2, 0) is 38.4 Å². The first-order valence-electron chi connectivity index (χ1n) is 13.1. The van der Waals surface area contributed by atoms with Gasteiger partial charge in [-0.15, -0.1) is 0 Å². The first-order valence-corrected chi connectivity index (χ1v) is 13.1. The summed E-state index contributed by atoms with van der Waals surface area (Å²) in [5.74, 6) is -5.10. The summed E-state index contributed by atoms with van der Waals surface area (Å²) in [6, 6.07) is -1.96. The van der Waals surface area contributed by atoms with E-state index in [-0.39, 0.29) is 72.0 Å². The third-order valence-electron chi connectivity index (χ3n) is 5.78. The van der Waals surface area contributed by atoms with Gasteiger partial charge in [-0.25, -0.2) is 0 Å². The largest absolute Gasteiger partial charge is 1.00 e. The predicted molar refractivity (Wildman–Crippen MR) is 144 cm³/mol. The Kier molecular flexibility index (Phi) is 23.2. The summed E-state index contributed by atoms with van der Waals surface area (Å²) in [4.78, 5) is 92.7. The van der Waals surface area contributed by atoms with Gasteiger partial charge in [0.15, 0.2) is 0 Å². The monoisotopic (exact) mass is 610 g/mol. The number of nitrogens with zero attached hydrogens (tertiary/aromatic N) is 1. The predicted octanol–water partition coefficient (Wildman–Crippen LogP) is -4.91. The van der Waals surface area contributed by atoms with Crippen molar-refractivity contribution in [2.24, 2.45) is 11.8 Å². The number of carbonyl (C=O) groups excluding carboxylic acids is 7. The van der Waals surface area contributed by atoms with Crippen molar-refractivity contribution >= 4 is 47.3 Å². The average molecular weight is 611 g/mol. The Balaban J connectivity index is -0.000000691. The molecule has 0 bridgehead atoms. The van der Waals surface area contributed by atoms with Gasteiger partial charge in [-0.2, -0.15) is 0 Å². The molecule has 4 atom stereocenters. The summed E-state index contributed by atoms with van der Waals surface area (Å²) in [7, 11) is 2.74. The standard InChI is InChI=1S/C13H21N3O4.C12H21N3O5.Na.H2O/c1-4-5-14-10(17)6-8(2)12(19)15-9-7-11(18)16(3)13(9)20;1-4-14-9(16)5-7(2)11(19)15-8(6-10(17)18)12(20)13-3;;/h8-9H,4-7H2,1-3H3,(H,14,17)(H,15,19);7-8H,4-6H2,1-3H3,(H,13,20)(H,14,16)(H,15,19)(H,17,18);;1H2/q;;+1;/p-1. The van der Waals surface area contributed by atoms with Crippen LogP contribution in [0.2, 0.25) is 0 Å². The SMILES string of the molecule is CCCNC(=O)CC(C)C(=O)NC1CC(=O)N(C)C1=O.CCNC(=O)CC(C)C(=O)NC(CC(=O)O)C(=O)NC.[Na+].[OH-]. The zero-order valence-electron chi connectivity index (χ0n) is 25.4. The maximum atomic E-state index is 11.9. The second kappa shape index (κ2) is 22.5. The summed E-state index contributed by atoms with van der Waals surface area (Å²) in [5, 5.41) is 21.1. The minimum atomic E-state index is -1.20. The quantitative estimate of drug-likeness (QED) is 0.0807. The van der Waals surface area contributed by atoms with Gasteiger partial charge in [0.25, 0.3) is 5.91 Å². The Hall–Kier alpha value is -3.08. The fourth-order valence-electron chi connectivity index (χ4n) is 3.40. The van der Waals surface area contributed by atoms with Crippen LogP contribution in [0.4, 0.5) is 0 Å². The molecule has 7 amide bonds. The first-order chi connectivity index (χ1) is 18.7. The summed E-state index contributed by atoms with van der Waals surface area (Å²) in [6.07, 6.45) is 0.343. The third-order valence-corrected chi connectivity index (χ3v) is 5.78. The number of nitrogens with one attached hydrogen (secondary N) is 5. The number of rotatable bonds is 14. The van der Waals surface area contributed by atoms with Gasteiger partial charge in [0.1, 0.15) is 12.1 Å². The number of hydrogen-bond acceptors (Lipinski definition) is 9. The number of likely N-dealkylation sites (tertiary alicyclic amines) is 1. The number of likely N-dealkylation sites (N-methyl/N-ethyl adjacent to an activating group) is 2. The Morgan fingerprint density at radius 3 is 1.86 bits per heavy atom. The van der Waals surface area contributed by atoms with Crippen LogP contribution in [0.5, 0.6) is 0 Å². The minimum absolute atomic E-state index is 0. The Morgan fingerprint density at radius 1 is 0.905 bits per heavy atom. The molecule has 0 radical (unpaired) electrons. The van der Waals surface area contributed by atoms with E-state index in [1.165, 1.54) is 21.0 Å². The van der Waals surface area contributed by atoms with Gasteiger partial charge in [0.05, 0.1) is 12.8 Å². The Bertz CT molecular complexity index is 964. The molecule has 1 saturated heterocycles. The maximum absolute atomic E-state index is 11.9. The second-order valence-corrected chi connectivity index (χ2v) is 9.34. The molecule has 1 fully saturated rings. The topological polar surface area (TPSA) is 250 Å². The smallest absolute Gasteiger partial charge is 0.870 e. The van der Waals surface area contributed by atoms with Gasteiger partial charge in [-0.3, -0.25) is 43.3 Å². The Morgan fingerprint density at radius 2 is 1.43 bits per heavy atom. The molecule has 1 rings (SSSR count). The summed E-state index contributed by atoms with van der Waals surface area (Å²) in [6.45, 7) is 7.89. The van der Waals surface area contributed by atoms with Crippen LogP contribution in [0.15, 0.2) is 0 Å². The van der Waals surface area contributed by atoms with E-state index in [0.29, 0.717) is 13.1 Å². The molecule has 16 nitrogen and oxygen atoms in total. The molecule has 4 unspecified atom stereocenters. The number of carbonyl (C=O) groups is 8. The van der Waals surface area contributed by atoms with Crippen LogP contribution in [0.25, 0.3) is 0 Å². The van der Waals surface area contributed by atoms with Crippen molar-refractivity contribution in [2.45, 2.75) is 71.9 Å². The van der Waals surface area contributed by atoms with Crippen molar-refractivity contribution in [2.75, 3.05) is 27.2 Å². The fraction of sp³-hybridized carbons (Fsp3) is 0.680. The molecule has 0 aliphatic carbocycles. The maximum Gasteiger partial charge on any atom is 1.00 e. The van der Waals surface area contributed by atoms with Crippen LogP contribution < -0.4 is 56.1 Å². The number of imide groups is 1. The van der Waals surface area contributed by atoms with Crippen molar-refractivity contribution in [1.29, 1.82) is 0 Å². The number of hydrogen-bond donors (Lipinski definition) is 6. The van der Waals surface area contributed by atoms with E-state index in [9.17, 15) is 38.4 Å². The normalized spacial score (nSPS) is 15.7. The molecule has 0 spiro atoms. The molecule has 0 saturated carbocycles. The molecular weight excluding hydrogens is 567 g/mol. The van der Waals surface area contributed by atoms with Gasteiger partial charge >= 0.3 is 35.5 Å². The molecule has 1 aliphatic heterocycles. The minimum Gasteiger partial charge on any atom is -0.870 e. The van der Waals surface area contributed by atoms with Crippen LogP contribution >= 0.6 is 0 Å². The summed E-state index contributed by atoms with van der Waals surface area (Å²) in [5.41, 5.74) is 0. The number of amides is 7. The number of carboxylic acids is 1. The van der Waals surface area contributed by atoms with Crippen molar-refractivity contribution in [1.82, 2.24) is 31.5 Å². The molecule has 234 valence electrons.